The van der Waals surface area contributed by atoms with Crippen molar-refractivity contribution in [1.29, 1.82) is 0 Å². The summed E-state index contributed by atoms with van der Waals surface area (Å²) < 4.78 is 11.1. The third-order valence-electron chi connectivity index (χ3n) is 3.97. The van der Waals surface area contributed by atoms with Crippen LogP contribution in [0.25, 0.3) is 11.5 Å². The van der Waals surface area contributed by atoms with Crippen LogP contribution in [0.4, 0.5) is 0 Å². The second kappa shape index (κ2) is 5.99. The highest BCUT2D eigenvalue weighted by Gasteiger charge is 2.28. The number of aryl methyl sites for hydroxylation is 1. The molecule has 4 nitrogen and oxygen atoms in total. The van der Waals surface area contributed by atoms with Crippen LogP contribution < -0.4 is 4.74 Å². The molecule has 1 heterocycles. The molecule has 2 rings (SSSR count). The van der Waals surface area contributed by atoms with E-state index in [-0.39, 0.29) is 10.8 Å². The Morgan fingerprint density at radius 2 is 1.57 bits per heavy atom. The largest absolute Gasteiger partial charge is 0.496 e. The van der Waals surface area contributed by atoms with E-state index < -0.39 is 0 Å². The molecule has 0 N–H and O–H groups in total. The molecule has 0 radical (unpaired) electrons. The van der Waals surface area contributed by atoms with E-state index in [9.17, 15) is 0 Å². The van der Waals surface area contributed by atoms with E-state index in [4.69, 9.17) is 9.26 Å². The third-order valence-corrected chi connectivity index (χ3v) is 3.97. The van der Waals surface area contributed by atoms with Crippen molar-refractivity contribution in [3.8, 4) is 17.2 Å². The van der Waals surface area contributed by atoms with Crippen LogP contribution >= 0.6 is 0 Å². The van der Waals surface area contributed by atoms with Crippen LogP contribution in [0, 0.1) is 0 Å². The molecule has 0 saturated carbocycles. The highest BCUT2D eigenvalue weighted by molar-refractivity contribution is 5.66. The number of hydrogen-bond acceptors (Lipinski definition) is 4. The number of hydrogen-bond donors (Lipinski definition) is 0. The van der Waals surface area contributed by atoms with E-state index >= 15 is 0 Å². The Bertz CT molecular complexity index is 688. The fourth-order valence-corrected chi connectivity index (χ4v) is 2.66. The van der Waals surface area contributed by atoms with Crippen LogP contribution in [-0.4, -0.2) is 17.3 Å². The second-order valence-electron chi connectivity index (χ2n) is 7.97. The summed E-state index contributed by atoms with van der Waals surface area (Å²) in [6, 6.07) is 4.26. The average Bonchev–Trinajstić information content (AvgIpc) is 2.92. The number of methoxy groups -OCH3 is 1. The van der Waals surface area contributed by atoms with Crippen molar-refractivity contribution >= 4 is 0 Å². The molecule has 0 bridgehead atoms. The molecule has 0 amide bonds. The molecular weight excluding hydrogens is 288 g/mol. The minimum absolute atomic E-state index is 0.0112. The van der Waals surface area contributed by atoms with Crippen molar-refractivity contribution < 1.29 is 9.26 Å². The van der Waals surface area contributed by atoms with Crippen LogP contribution in [0.5, 0.6) is 5.75 Å². The van der Waals surface area contributed by atoms with Crippen molar-refractivity contribution in [3.05, 3.63) is 29.1 Å². The Labute approximate surface area is 139 Å². The van der Waals surface area contributed by atoms with Crippen LogP contribution in [0.3, 0.4) is 0 Å². The summed E-state index contributed by atoms with van der Waals surface area (Å²) in [6.07, 6.45) is 0.748. The number of aromatic nitrogens is 2. The highest BCUT2D eigenvalue weighted by atomic mass is 16.5. The predicted molar refractivity (Wildman–Crippen MR) is 93.1 cm³/mol. The molecule has 126 valence electrons. The van der Waals surface area contributed by atoms with Crippen LogP contribution in [0.2, 0.25) is 0 Å². The fraction of sp³-hybridized carbons (Fsp3) is 0.579. The Hall–Kier alpha value is -1.84. The monoisotopic (exact) mass is 316 g/mol. The molecule has 4 heteroatoms. The van der Waals surface area contributed by atoms with Gasteiger partial charge in [-0.2, -0.15) is 4.98 Å². The Morgan fingerprint density at radius 1 is 1.00 bits per heavy atom. The Balaban J connectivity index is 2.73. The topological polar surface area (TPSA) is 48.2 Å². The normalized spacial score (nSPS) is 12.5. The van der Waals surface area contributed by atoms with Crippen LogP contribution in [0.15, 0.2) is 16.7 Å². The maximum atomic E-state index is 5.62. The van der Waals surface area contributed by atoms with E-state index in [1.165, 1.54) is 11.1 Å². The van der Waals surface area contributed by atoms with E-state index in [2.05, 4.69) is 63.8 Å². The summed E-state index contributed by atoms with van der Waals surface area (Å²) in [5.41, 5.74) is 3.45. The van der Waals surface area contributed by atoms with Gasteiger partial charge in [0.1, 0.15) is 5.75 Å². The number of rotatable bonds is 3. The first kappa shape index (κ1) is 17.5. The molecule has 0 fully saturated rings. The van der Waals surface area contributed by atoms with E-state index in [0.29, 0.717) is 11.7 Å². The molecule has 0 aliphatic heterocycles. The molecule has 0 atom stereocenters. The van der Waals surface area contributed by atoms with Gasteiger partial charge in [-0.25, -0.2) is 0 Å². The van der Waals surface area contributed by atoms with Crippen molar-refractivity contribution in [3.63, 3.8) is 0 Å². The van der Waals surface area contributed by atoms with Crippen molar-refractivity contribution in [1.82, 2.24) is 10.1 Å². The number of ether oxygens (including phenoxy) is 1. The molecule has 0 unspecified atom stereocenters. The highest BCUT2D eigenvalue weighted by Crippen LogP contribution is 2.41. The van der Waals surface area contributed by atoms with Crippen molar-refractivity contribution in [2.45, 2.75) is 65.7 Å². The van der Waals surface area contributed by atoms with Gasteiger partial charge in [0.15, 0.2) is 5.82 Å². The lowest BCUT2D eigenvalue weighted by Gasteiger charge is -2.31. The quantitative estimate of drug-likeness (QED) is 0.808. The third kappa shape index (κ3) is 3.57. The van der Waals surface area contributed by atoms with Crippen molar-refractivity contribution in [2.24, 2.45) is 0 Å². The summed E-state index contributed by atoms with van der Waals surface area (Å²) in [5, 5.41) is 4.01. The van der Waals surface area contributed by atoms with Gasteiger partial charge in [0.25, 0.3) is 5.89 Å². The van der Waals surface area contributed by atoms with Gasteiger partial charge in [0, 0.05) is 6.42 Å². The van der Waals surface area contributed by atoms with Gasteiger partial charge >= 0.3 is 0 Å². The zero-order chi connectivity index (χ0) is 17.4. The SMILES string of the molecule is CCc1noc(-c2cc(C(C)(C)C)c(C(C)(C)C)cc2OC)n1. The molecule has 2 aromatic rings. The lowest BCUT2D eigenvalue weighted by atomic mass is 9.74. The van der Waals surface area contributed by atoms with E-state index in [1.807, 2.05) is 6.92 Å². The van der Waals surface area contributed by atoms with Gasteiger partial charge in [-0.15, -0.1) is 0 Å². The first-order valence-electron chi connectivity index (χ1n) is 8.14. The summed E-state index contributed by atoms with van der Waals surface area (Å²) in [6.45, 7) is 15.3. The minimum atomic E-state index is 0.0112. The van der Waals surface area contributed by atoms with E-state index in [0.717, 1.165) is 17.7 Å². The van der Waals surface area contributed by atoms with E-state index in [1.54, 1.807) is 7.11 Å². The summed E-state index contributed by atoms with van der Waals surface area (Å²) >= 11 is 0. The Morgan fingerprint density at radius 3 is 2.00 bits per heavy atom. The lowest BCUT2D eigenvalue weighted by Crippen LogP contribution is -2.22. The van der Waals surface area contributed by atoms with Gasteiger partial charge in [-0.1, -0.05) is 53.6 Å². The number of benzene rings is 1. The molecule has 0 aliphatic rings. The second-order valence-corrected chi connectivity index (χ2v) is 7.97. The van der Waals surface area contributed by atoms with Crippen LogP contribution in [-0.2, 0) is 17.3 Å². The summed E-state index contributed by atoms with van der Waals surface area (Å²) in [7, 11) is 1.68. The van der Waals surface area contributed by atoms with Gasteiger partial charge < -0.3 is 9.26 Å². The maximum Gasteiger partial charge on any atom is 0.261 e. The molecular formula is C19H28N2O2. The smallest absolute Gasteiger partial charge is 0.261 e. The van der Waals surface area contributed by atoms with Gasteiger partial charge in [0.2, 0.25) is 0 Å². The first-order chi connectivity index (χ1) is 10.6. The first-order valence-corrected chi connectivity index (χ1v) is 8.14. The zero-order valence-corrected chi connectivity index (χ0v) is 15.6. The summed E-state index contributed by atoms with van der Waals surface area (Å²) in [4.78, 5) is 4.46. The molecule has 1 aromatic heterocycles. The Kier molecular flexibility index (Phi) is 4.56. The minimum Gasteiger partial charge on any atom is -0.496 e. The molecule has 1 aromatic carbocycles. The zero-order valence-electron chi connectivity index (χ0n) is 15.6. The van der Waals surface area contributed by atoms with Crippen molar-refractivity contribution in [2.75, 3.05) is 7.11 Å². The van der Waals surface area contributed by atoms with Gasteiger partial charge in [-0.3, -0.25) is 0 Å². The average molecular weight is 316 g/mol. The predicted octanol–water partition coefficient (Wildman–Crippen LogP) is 4.90. The summed E-state index contributed by atoms with van der Waals surface area (Å²) in [5.74, 6) is 2.00. The fourth-order valence-electron chi connectivity index (χ4n) is 2.66. The van der Waals surface area contributed by atoms with Gasteiger partial charge in [-0.05, 0) is 34.1 Å². The standard InChI is InChI=1S/C19H28N2O2/c1-9-16-20-17(23-21-16)12-10-13(18(2,3)4)14(19(5,6)7)11-15(12)22-8/h10-11H,9H2,1-8H3. The maximum absolute atomic E-state index is 5.62. The molecule has 23 heavy (non-hydrogen) atoms. The molecule has 0 aliphatic carbocycles. The molecule has 0 saturated heterocycles. The van der Waals surface area contributed by atoms with Crippen LogP contribution in [0.1, 0.15) is 65.4 Å². The lowest BCUT2D eigenvalue weighted by molar-refractivity contribution is 0.400. The van der Waals surface area contributed by atoms with Gasteiger partial charge in [0.05, 0.1) is 12.7 Å². The molecule has 0 spiro atoms. The number of nitrogens with zero attached hydrogens (tertiary/aromatic N) is 2.